The van der Waals surface area contributed by atoms with Gasteiger partial charge in [-0.1, -0.05) is 6.92 Å². The van der Waals surface area contributed by atoms with Crippen molar-refractivity contribution in [1.82, 2.24) is 15.7 Å². The molecule has 6 heteroatoms. The standard InChI is InChI=1S/C8H15N5S/c1-3-7-12-6(5-14-7)4-11-8(10-2)13-9/h5H,3-4,9H2,1-2H3,(H2,10,11,13). The van der Waals surface area contributed by atoms with Gasteiger partial charge in [0.25, 0.3) is 0 Å². The van der Waals surface area contributed by atoms with E-state index in [0.29, 0.717) is 12.5 Å². The van der Waals surface area contributed by atoms with Gasteiger partial charge in [-0.05, 0) is 6.42 Å². The molecule has 1 aromatic heterocycles. The van der Waals surface area contributed by atoms with Crippen molar-refractivity contribution in [2.45, 2.75) is 19.9 Å². The molecule has 78 valence electrons. The molecule has 4 N–H and O–H groups in total. The quantitative estimate of drug-likeness (QED) is 0.291. The topological polar surface area (TPSA) is 75.3 Å². The first kappa shape index (κ1) is 10.9. The third-order valence-electron chi connectivity index (χ3n) is 1.70. The first-order chi connectivity index (χ1) is 6.80. The van der Waals surface area contributed by atoms with Crippen molar-refractivity contribution < 1.29 is 0 Å². The number of nitrogens with zero attached hydrogens (tertiary/aromatic N) is 2. The van der Waals surface area contributed by atoms with E-state index >= 15 is 0 Å². The molecule has 14 heavy (non-hydrogen) atoms. The average molecular weight is 213 g/mol. The molecule has 0 aliphatic heterocycles. The van der Waals surface area contributed by atoms with Crippen molar-refractivity contribution in [3.63, 3.8) is 0 Å². The molecule has 5 nitrogen and oxygen atoms in total. The van der Waals surface area contributed by atoms with Crippen LogP contribution >= 0.6 is 11.3 Å². The number of guanidine groups is 1. The van der Waals surface area contributed by atoms with Gasteiger partial charge in [-0.15, -0.1) is 11.3 Å². The molecule has 0 aliphatic carbocycles. The highest BCUT2D eigenvalue weighted by atomic mass is 32.1. The molecule has 0 amide bonds. The summed E-state index contributed by atoms with van der Waals surface area (Å²) in [7, 11) is 1.67. The molecule has 1 heterocycles. The lowest BCUT2D eigenvalue weighted by atomic mass is 10.4. The fourth-order valence-electron chi connectivity index (χ4n) is 0.961. The van der Waals surface area contributed by atoms with Crippen molar-refractivity contribution in [1.29, 1.82) is 0 Å². The van der Waals surface area contributed by atoms with Crippen LogP contribution in [0.3, 0.4) is 0 Å². The number of hydrogen-bond donors (Lipinski definition) is 3. The highest BCUT2D eigenvalue weighted by molar-refractivity contribution is 7.09. The van der Waals surface area contributed by atoms with Gasteiger partial charge < -0.3 is 5.32 Å². The van der Waals surface area contributed by atoms with Gasteiger partial charge >= 0.3 is 0 Å². The summed E-state index contributed by atoms with van der Waals surface area (Å²) in [6.07, 6.45) is 0.981. The van der Waals surface area contributed by atoms with E-state index in [9.17, 15) is 0 Å². The maximum atomic E-state index is 5.22. The van der Waals surface area contributed by atoms with Crippen LogP contribution in [-0.2, 0) is 13.0 Å². The number of nitrogens with two attached hydrogens (primary N) is 1. The second kappa shape index (κ2) is 5.56. The van der Waals surface area contributed by atoms with E-state index in [4.69, 9.17) is 5.84 Å². The van der Waals surface area contributed by atoms with Crippen LogP contribution in [0.5, 0.6) is 0 Å². The van der Waals surface area contributed by atoms with Crippen LogP contribution in [0.4, 0.5) is 0 Å². The van der Waals surface area contributed by atoms with E-state index in [1.807, 2.05) is 5.38 Å². The lowest BCUT2D eigenvalue weighted by Crippen LogP contribution is -2.41. The van der Waals surface area contributed by atoms with Gasteiger partial charge in [0.15, 0.2) is 0 Å². The Morgan fingerprint density at radius 1 is 1.71 bits per heavy atom. The van der Waals surface area contributed by atoms with Gasteiger partial charge in [-0.3, -0.25) is 10.4 Å². The Morgan fingerprint density at radius 3 is 3.00 bits per heavy atom. The van der Waals surface area contributed by atoms with Gasteiger partial charge in [-0.2, -0.15) is 0 Å². The lowest BCUT2D eigenvalue weighted by molar-refractivity contribution is 0.818. The van der Waals surface area contributed by atoms with E-state index < -0.39 is 0 Å². The molecular weight excluding hydrogens is 198 g/mol. The smallest absolute Gasteiger partial charge is 0.205 e. The maximum absolute atomic E-state index is 5.22. The van der Waals surface area contributed by atoms with Crippen molar-refractivity contribution in [3.8, 4) is 0 Å². The van der Waals surface area contributed by atoms with Crippen molar-refractivity contribution in [2.24, 2.45) is 10.8 Å². The molecule has 0 saturated heterocycles. The molecule has 0 fully saturated rings. The summed E-state index contributed by atoms with van der Waals surface area (Å²) in [5, 5.41) is 6.22. The van der Waals surface area contributed by atoms with Crippen LogP contribution in [0.1, 0.15) is 17.6 Å². The Bertz CT molecular complexity index is 306. The molecule has 0 aliphatic rings. The zero-order valence-corrected chi connectivity index (χ0v) is 9.19. The number of hydrazine groups is 1. The highest BCUT2D eigenvalue weighted by Crippen LogP contribution is 2.09. The van der Waals surface area contributed by atoms with Crippen molar-refractivity contribution in [2.75, 3.05) is 7.05 Å². The third kappa shape index (κ3) is 2.97. The Labute approximate surface area is 87.4 Å². The van der Waals surface area contributed by atoms with E-state index in [1.165, 1.54) is 0 Å². The molecule has 0 atom stereocenters. The van der Waals surface area contributed by atoms with Gasteiger partial charge in [0.1, 0.15) is 0 Å². The molecule has 0 spiro atoms. The summed E-state index contributed by atoms with van der Waals surface area (Å²) in [6.45, 7) is 2.74. The van der Waals surface area contributed by atoms with Crippen LogP contribution in [-0.4, -0.2) is 18.0 Å². The van der Waals surface area contributed by atoms with Crippen LogP contribution in [0.15, 0.2) is 10.4 Å². The first-order valence-electron chi connectivity index (χ1n) is 4.40. The molecule has 0 aromatic carbocycles. The molecule has 1 rings (SSSR count). The van der Waals surface area contributed by atoms with Gasteiger partial charge in [0.2, 0.25) is 5.96 Å². The van der Waals surface area contributed by atoms with E-state index in [-0.39, 0.29) is 0 Å². The number of aromatic nitrogens is 1. The summed E-state index contributed by atoms with van der Waals surface area (Å²) >= 11 is 1.67. The van der Waals surface area contributed by atoms with E-state index in [1.54, 1.807) is 18.4 Å². The monoisotopic (exact) mass is 213 g/mol. The summed E-state index contributed by atoms with van der Waals surface area (Å²) in [4.78, 5) is 8.30. The van der Waals surface area contributed by atoms with Gasteiger partial charge in [0, 0.05) is 12.4 Å². The number of rotatable bonds is 3. The zero-order valence-electron chi connectivity index (χ0n) is 8.37. The van der Waals surface area contributed by atoms with Crippen molar-refractivity contribution in [3.05, 3.63) is 16.1 Å². The predicted molar refractivity (Wildman–Crippen MR) is 59.0 cm³/mol. The number of aliphatic imine (C=N–C) groups is 1. The minimum Gasteiger partial charge on any atom is -0.350 e. The number of thiazole rings is 1. The Kier molecular flexibility index (Phi) is 4.34. The van der Waals surface area contributed by atoms with Crippen molar-refractivity contribution >= 4 is 17.3 Å². The van der Waals surface area contributed by atoms with Crippen LogP contribution in [0, 0.1) is 0 Å². The van der Waals surface area contributed by atoms with Gasteiger partial charge in [0.05, 0.1) is 17.2 Å². The Balaban J connectivity index is 2.45. The third-order valence-corrected chi connectivity index (χ3v) is 2.74. The summed E-state index contributed by atoms with van der Waals surface area (Å²) in [6, 6.07) is 0. The summed E-state index contributed by atoms with van der Waals surface area (Å²) < 4.78 is 0. The fourth-order valence-corrected chi connectivity index (χ4v) is 1.71. The van der Waals surface area contributed by atoms with E-state index in [0.717, 1.165) is 17.1 Å². The largest absolute Gasteiger partial charge is 0.350 e. The van der Waals surface area contributed by atoms with Gasteiger partial charge in [-0.25, -0.2) is 10.8 Å². The first-order valence-corrected chi connectivity index (χ1v) is 5.28. The molecule has 1 aromatic rings. The highest BCUT2D eigenvalue weighted by Gasteiger charge is 2.00. The van der Waals surface area contributed by atoms with Crippen LogP contribution in [0.2, 0.25) is 0 Å². The molecule has 0 radical (unpaired) electrons. The Morgan fingerprint density at radius 2 is 2.50 bits per heavy atom. The fraction of sp³-hybridized carbons (Fsp3) is 0.500. The normalized spacial score (nSPS) is 11.5. The molecule has 0 unspecified atom stereocenters. The summed E-state index contributed by atoms with van der Waals surface area (Å²) in [5.41, 5.74) is 3.47. The SMILES string of the molecule is CCc1nc(CNC(=NC)NN)cs1. The molecular formula is C8H15N5S. The average Bonchev–Trinajstić information content (AvgIpc) is 2.67. The minimum atomic E-state index is 0.566. The second-order valence-electron chi connectivity index (χ2n) is 2.66. The van der Waals surface area contributed by atoms with Crippen LogP contribution < -0.4 is 16.6 Å². The molecule has 0 saturated carbocycles. The number of nitrogens with one attached hydrogen (secondary N) is 2. The minimum absolute atomic E-state index is 0.566. The van der Waals surface area contributed by atoms with E-state index in [2.05, 4.69) is 27.6 Å². The number of hydrogen-bond acceptors (Lipinski definition) is 4. The Hall–Kier alpha value is -1.14. The molecule has 0 bridgehead atoms. The number of aryl methyl sites for hydroxylation is 1. The second-order valence-corrected chi connectivity index (χ2v) is 3.60. The maximum Gasteiger partial charge on any atom is 0.205 e. The summed E-state index contributed by atoms with van der Waals surface area (Å²) in [5.74, 6) is 5.78. The predicted octanol–water partition coefficient (Wildman–Crippen LogP) is 0.244. The zero-order chi connectivity index (χ0) is 10.4. The van der Waals surface area contributed by atoms with Crippen LogP contribution in [0.25, 0.3) is 0 Å². The lowest BCUT2D eigenvalue weighted by Gasteiger charge is -2.05.